The van der Waals surface area contributed by atoms with Crippen LogP contribution in [0.1, 0.15) is 31.4 Å². The summed E-state index contributed by atoms with van der Waals surface area (Å²) in [5.41, 5.74) is 1.72. The molecule has 0 aliphatic carbocycles. The number of hydrogen-bond acceptors (Lipinski definition) is 8. The zero-order valence-electron chi connectivity index (χ0n) is 19.2. The first-order valence-corrected chi connectivity index (χ1v) is 12.4. The van der Waals surface area contributed by atoms with Gasteiger partial charge in [-0.3, -0.25) is 23.8 Å². The predicted octanol–water partition coefficient (Wildman–Crippen LogP) is 2.12. The Balaban J connectivity index is 1.80. The number of carbonyl (C=O) groups excluding carboxylic acids is 1. The Bertz CT molecular complexity index is 1170. The van der Waals surface area contributed by atoms with E-state index in [4.69, 9.17) is 17.2 Å². The highest BCUT2D eigenvalue weighted by Gasteiger charge is 2.35. The number of thioether (sulfide) groups is 1. The summed E-state index contributed by atoms with van der Waals surface area (Å²) in [6, 6.07) is 3.76. The maximum absolute atomic E-state index is 13.6. The van der Waals surface area contributed by atoms with Crippen LogP contribution in [0.15, 0.2) is 28.0 Å². The molecule has 2 aliphatic rings. The van der Waals surface area contributed by atoms with Gasteiger partial charge in [0.1, 0.15) is 15.8 Å². The zero-order chi connectivity index (χ0) is 23.7. The third-order valence-electron chi connectivity index (χ3n) is 6.28. The molecule has 0 bridgehead atoms. The fourth-order valence-electron chi connectivity index (χ4n) is 4.17. The number of fused-ring (bicyclic) bond motifs is 1. The summed E-state index contributed by atoms with van der Waals surface area (Å²) in [5, 5.41) is 9.25. The van der Waals surface area contributed by atoms with E-state index in [1.807, 2.05) is 32.9 Å². The number of rotatable bonds is 6. The lowest BCUT2D eigenvalue weighted by molar-refractivity contribution is -0.123. The van der Waals surface area contributed by atoms with Crippen LogP contribution in [0.5, 0.6) is 0 Å². The molecule has 2 aliphatic heterocycles. The SMILES string of the molecule is CCC(C)N1C(=O)C(=Cc2c(N3CCN(CCO)CC3)nc3c(C)cccn3c2=O)SC1=S. The van der Waals surface area contributed by atoms with E-state index in [0.717, 1.165) is 25.1 Å². The van der Waals surface area contributed by atoms with Gasteiger partial charge >= 0.3 is 0 Å². The van der Waals surface area contributed by atoms with Gasteiger partial charge < -0.3 is 10.0 Å². The van der Waals surface area contributed by atoms with E-state index in [-0.39, 0.29) is 24.1 Å². The number of pyridine rings is 1. The second-order valence-corrected chi connectivity index (χ2v) is 10.1. The highest BCUT2D eigenvalue weighted by Crippen LogP contribution is 2.35. The number of β-amino-alcohol motifs (C(OH)–C–C–N with tert-alkyl or cyclic N) is 1. The number of thiocarbonyl (C=S) groups is 1. The molecular formula is C23H29N5O3S2. The highest BCUT2D eigenvalue weighted by molar-refractivity contribution is 8.26. The highest BCUT2D eigenvalue weighted by atomic mass is 32.2. The molecule has 0 spiro atoms. The monoisotopic (exact) mass is 487 g/mol. The van der Waals surface area contributed by atoms with Gasteiger partial charge in [0, 0.05) is 45.0 Å². The van der Waals surface area contributed by atoms with Gasteiger partial charge in [-0.15, -0.1) is 0 Å². The predicted molar refractivity (Wildman–Crippen MR) is 137 cm³/mol. The number of carbonyl (C=O) groups is 1. The molecule has 4 rings (SSSR count). The van der Waals surface area contributed by atoms with Crippen molar-refractivity contribution in [3.05, 3.63) is 44.7 Å². The maximum Gasteiger partial charge on any atom is 0.267 e. The molecule has 1 unspecified atom stereocenters. The lowest BCUT2D eigenvalue weighted by Crippen LogP contribution is -2.48. The van der Waals surface area contributed by atoms with Crippen LogP contribution >= 0.6 is 24.0 Å². The third kappa shape index (κ3) is 4.57. The zero-order valence-corrected chi connectivity index (χ0v) is 20.8. The normalized spacial score (nSPS) is 19.8. The van der Waals surface area contributed by atoms with Crippen molar-refractivity contribution < 1.29 is 9.90 Å². The number of nitrogens with zero attached hydrogens (tertiary/aromatic N) is 5. The molecule has 2 saturated heterocycles. The van der Waals surface area contributed by atoms with Gasteiger partial charge in [-0.1, -0.05) is 37.0 Å². The van der Waals surface area contributed by atoms with E-state index < -0.39 is 0 Å². The molecule has 2 aromatic rings. The summed E-state index contributed by atoms with van der Waals surface area (Å²) >= 11 is 6.71. The second kappa shape index (κ2) is 9.92. The summed E-state index contributed by atoms with van der Waals surface area (Å²) in [5.74, 6) is 0.429. The van der Waals surface area contributed by atoms with Gasteiger partial charge in [0.25, 0.3) is 11.5 Å². The summed E-state index contributed by atoms with van der Waals surface area (Å²) in [4.78, 5) is 38.0. The Kier molecular flexibility index (Phi) is 7.18. The number of amides is 1. The molecular weight excluding hydrogens is 458 g/mol. The van der Waals surface area contributed by atoms with Crippen LogP contribution in [0.4, 0.5) is 5.82 Å². The van der Waals surface area contributed by atoms with Gasteiger partial charge in [0.05, 0.1) is 17.1 Å². The van der Waals surface area contributed by atoms with E-state index in [1.54, 1.807) is 21.6 Å². The van der Waals surface area contributed by atoms with Crippen molar-refractivity contribution in [3.63, 3.8) is 0 Å². The lowest BCUT2D eigenvalue weighted by Gasteiger charge is -2.35. The van der Waals surface area contributed by atoms with Crippen molar-refractivity contribution in [2.45, 2.75) is 33.2 Å². The minimum absolute atomic E-state index is 0.000878. The van der Waals surface area contributed by atoms with Crippen LogP contribution in [0.2, 0.25) is 0 Å². The minimum atomic E-state index is -0.203. The number of aromatic nitrogens is 2. The first kappa shape index (κ1) is 23.9. The molecule has 33 heavy (non-hydrogen) atoms. The van der Waals surface area contributed by atoms with Crippen molar-refractivity contribution in [1.82, 2.24) is 19.2 Å². The van der Waals surface area contributed by atoms with E-state index in [1.165, 1.54) is 11.8 Å². The molecule has 1 N–H and O–H groups in total. The fourth-order valence-corrected chi connectivity index (χ4v) is 5.61. The van der Waals surface area contributed by atoms with E-state index in [2.05, 4.69) is 9.80 Å². The number of hydrogen-bond donors (Lipinski definition) is 1. The summed E-state index contributed by atoms with van der Waals surface area (Å²) < 4.78 is 2.06. The second-order valence-electron chi connectivity index (χ2n) is 8.40. The molecule has 8 nitrogen and oxygen atoms in total. The molecule has 1 atom stereocenters. The number of anilines is 1. The van der Waals surface area contributed by atoms with Crippen LogP contribution in [-0.2, 0) is 4.79 Å². The van der Waals surface area contributed by atoms with Gasteiger partial charge in [-0.05, 0) is 38.0 Å². The Morgan fingerprint density at radius 2 is 2.00 bits per heavy atom. The van der Waals surface area contributed by atoms with E-state index >= 15 is 0 Å². The van der Waals surface area contributed by atoms with E-state index in [0.29, 0.717) is 45.9 Å². The molecule has 2 aromatic heterocycles. The van der Waals surface area contributed by atoms with Crippen LogP contribution in [0.25, 0.3) is 11.7 Å². The molecule has 176 valence electrons. The number of aliphatic hydroxyl groups is 1. The van der Waals surface area contributed by atoms with Crippen LogP contribution in [-0.4, -0.2) is 79.9 Å². The van der Waals surface area contributed by atoms with E-state index in [9.17, 15) is 14.7 Å². The standard InChI is InChI=1S/C23H29N5O3S2/c1-4-16(3)28-22(31)18(33-23(28)32)14-17-20(26-10-8-25(9-11-26)12-13-29)24-19-15(2)6-5-7-27(19)21(17)30/h5-7,14,16,29H,4,8-13H2,1-3H3. The third-order valence-corrected chi connectivity index (χ3v) is 7.61. The Hall–Kier alpha value is -2.27. The molecule has 1 amide bonds. The lowest BCUT2D eigenvalue weighted by atomic mass is 10.2. The largest absolute Gasteiger partial charge is 0.395 e. The molecule has 2 fully saturated rings. The van der Waals surface area contributed by atoms with Gasteiger partial charge in [0.2, 0.25) is 0 Å². The van der Waals surface area contributed by atoms with Crippen molar-refractivity contribution in [1.29, 1.82) is 0 Å². The average Bonchev–Trinajstić information content (AvgIpc) is 3.09. The Labute approximate surface area is 202 Å². The summed E-state index contributed by atoms with van der Waals surface area (Å²) in [7, 11) is 0. The Morgan fingerprint density at radius 3 is 2.67 bits per heavy atom. The topological polar surface area (TPSA) is 81.4 Å². The number of piperazine rings is 1. The van der Waals surface area contributed by atoms with Gasteiger partial charge in [0.15, 0.2) is 0 Å². The minimum Gasteiger partial charge on any atom is -0.395 e. The molecule has 0 saturated carbocycles. The van der Waals surface area contributed by atoms with Crippen molar-refractivity contribution in [2.24, 2.45) is 0 Å². The number of aryl methyl sites for hydroxylation is 1. The summed E-state index contributed by atoms with van der Waals surface area (Å²) in [6.45, 7) is 9.58. The first-order chi connectivity index (χ1) is 15.8. The molecule has 10 heteroatoms. The maximum atomic E-state index is 13.6. The van der Waals surface area contributed by atoms with Crippen LogP contribution in [0.3, 0.4) is 0 Å². The molecule has 4 heterocycles. The van der Waals surface area contributed by atoms with Crippen molar-refractivity contribution >= 4 is 51.7 Å². The first-order valence-electron chi connectivity index (χ1n) is 11.2. The smallest absolute Gasteiger partial charge is 0.267 e. The molecule has 0 radical (unpaired) electrons. The fraction of sp³-hybridized carbons (Fsp3) is 0.478. The quantitative estimate of drug-likeness (QED) is 0.490. The van der Waals surface area contributed by atoms with Crippen LogP contribution < -0.4 is 10.5 Å². The Morgan fingerprint density at radius 1 is 1.27 bits per heavy atom. The average molecular weight is 488 g/mol. The van der Waals surface area contributed by atoms with Gasteiger partial charge in [-0.25, -0.2) is 4.98 Å². The van der Waals surface area contributed by atoms with Crippen LogP contribution in [0, 0.1) is 6.92 Å². The van der Waals surface area contributed by atoms with Crippen molar-refractivity contribution in [2.75, 3.05) is 44.2 Å². The summed E-state index contributed by atoms with van der Waals surface area (Å²) in [6.07, 6.45) is 4.17. The van der Waals surface area contributed by atoms with Gasteiger partial charge in [-0.2, -0.15) is 0 Å². The molecule has 0 aromatic carbocycles. The van der Waals surface area contributed by atoms with Crippen molar-refractivity contribution in [3.8, 4) is 0 Å². The number of aliphatic hydroxyl groups excluding tert-OH is 1.